The summed E-state index contributed by atoms with van der Waals surface area (Å²) in [5, 5.41) is 3.01. The number of nitrogens with zero attached hydrogens (tertiary/aromatic N) is 1. The molecule has 0 aliphatic heterocycles. The van der Waals surface area contributed by atoms with Gasteiger partial charge in [-0.25, -0.2) is 8.42 Å². The summed E-state index contributed by atoms with van der Waals surface area (Å²) in [5.74, 6) is 0.766. The Bertz CT molecular complexity index is 1200. The van der Waals surface area contributed by atoms with Gasteiger partial charge in [-0.05, 0) is 48.4 Å². The molecule has 1 amide bonds. The lowest BCUT2D eigenvalue weighted by atomic mass is 10.1. The van der Waals surface area contributed by atoms with Crippen molar-refractivity contribution in [1.29, 1.82) is 0 Å². The average molecular weight is 489 g/mol. The van der Waals surface area contributed by atoms with E-state index in [1.807, 2.05) is 12.1 Å². The van der Waals surface area contributed by atoms with E-state index in [1.54, 1.807) is 62.8 Å². The lowest BCUT2D eigenvalue weighted by Gasteiger charge is -2.25. The SMILES string of the molecule is COc1ccc(CCNC(=O)CN(c2ccccc2Cl)S(=O)(=O)c2ccccc2)cc1OC. The normalized spacial score (nSPS) is 11.0. The number of halogens is 1. The van der Waals surface area contributed by atoms with Crippen molar-refractivity contribution in [2.24, 2.45) is 0 Å². The highest BCUT2D eigenvalue weighted by Gasteiger charge is 2.28. The summed E-state index contributed by atoms with van der Waals surface area (Å²) in [4.78, 5) is 12.8. The van der Waals surface area contributed by atoms with E-state index in [0.29, 0.717) is 24.5 Å². The number of ether oxygens (including phenoxy) is 2. The number of carbonyl (C=O) groups excluding carboxylic acids is 1. The van der Waals surface area contributed by atoms with Gasteiger partial charge in [-0.3, -0.25) is 9.10 Å². The molecule has 0 radical (unpaired) electrons. The lowest BCUT2D eigenvalue weighted by Crippen LogP contribution is -2.41. The third-order valence-electron chi connectivity index (χ3n) is 4.92. The minimum atomic E-state index is -4.01. The number of anilines is 1. The van der Waals surface area contributed by atoms with Crippen LogP contribution in [-0.4, -0.2) is 41.6 Å². The molecule has 0 aliphatic carbocycles. The molecule has 0 heterocycles. The van der Waals surface area contributed by atoms with Crippen LogP contribution in [0.4, 0.5) is 5.69 Å². The Hall–Kier alpha value is -3.23. The Morgan fingerprint density at radius 3 is 2.27 bits per heavy atom. The number of benzene rings is 3. The minimum Gasteiger partial charge on any atom is -0.493 e. The number of rotatable bonds is 10. The first-order valence-electron chi connectivity index (χ1n) is 10.2. The summed E-state index contributed by atoms with van der Waals surface area (Å²) in [5.41, 5.74) is 1.17. The van der Waals surface area contributed by atoms with Gasteiger partial charge in [0.2, 0.25) is 5.91 Å². The van der Waals surface area contributed by atoms with E-state index in [9.17, 15) is 13.2 Å². The van der Waals surface area contributed by atoms with Gasteiger partial charge >= 0.3 is 0 Å². The zero-order valence-corrected chi connectivity index (χ0v) is 19.9. The molecule has 0 atom stereocenters. The molecule has 33 heavy (non-hydrogen) atoms. The van der Waals surface area contributed by atoms with Crippen molar-refractivity contribution in [2.75, 3.05) is 31.6 Å². The number of methoxy groups -OCH3 is 2. The van der Waals surface area contributed by atoms with Crippen LogP contribution in [0.25, 0.3) is 0 Å². The van der Waals surface area contributed by atoms with Gasteiger partial charge < -0.3 is 14.8 Å². The van der Waals surface area contributed by atoms with Gasteiger partial charge in [0.15, 0.2) is 11.5 Å². The highest BCUT2D eigenvalue weighted by molar-refractivity contribution is 7.92. The Morgan fingerprint density at radius 1 is 0.939 bits per heavy atom. The van der Waals surface area contributed by atoms with Gasteiger partial charge in [-0.15, -0.1) is 0 Å². The van der Waals surface area contributed by atoms with Crippen molar-refractivity contribution >= 4 is 33.2 Å². The predicted molar refractivity (Wildman–Crippen MR) is 129 cm³/mol. The number of nitrogens with one attached hydrogen (secondary N) is 1. The fourth-order valence-electron chi connectivity index (χ4n) is 3.24. The van der Waals surface area contributed by atoms with Gasteiger partial charge in [0.25, 0.3) is 10.0 Å². The van der Waals surface area contributed by atoms with Crippen molar-refractivity contribution in [2.45, 2.75) is 11.3 Å². The van der Waals surface area contributed by atoms with Gasteiger partial charge in [-0.2, -0.15) is 0 Å². The van der Waals surface area contributed by atoms with Gasteiger partial charge in [0.05, 0.1) is 29.8 Å². The zero-order valence-electron chi connectivity index (χ0n) is 18.3. The van der Waals surface area contributed by atoms with Crippen molar-refractivity contribution in [1.82, 2.24) is 5.32 Å². The van der Waals surface area contributed by atoms with Crippen LogP contribution in [0, 0.1) is 0 Å². The largest absolute Gasteiger partial charge is 0.493 e. The molecule has 174 valence electrons. The van der Waals surface area contributed by atoms with Crippen LogP contribution in [0.3, 0.4) is 0 Å². The number of sulfonamides is 1. The van der Waals surface area contributed by atoms with Crippen molar-refractivity contribution in [3.63, 3.8) is 0 Å². The molecule has 0 saturated carbocycles. The van der Waals surface area contributed by atoms with Gasteiger partial charge in [0, 0.05) is 6.54 Å². The maximum Gasteiger partial charge on any atom is 0.264 e. The van der Waals surface area contributed by atoms with E-state index in [2.05, 4.69) is 5.32 Å². The molecule has 0 aliphatic rings. The van der Waals surface area contributed by atoms with Crippen molar-refractivity contribution in [3.8, 4) is 11.5 Å². The maximum absolute atomic E-state index is 13.3. The third kappa shape index (κ3) is 5.97. The molecule has 3 aromatic rings. The third-order valence-corrected chi connectivity index (χ3v) is 7.02. The first-order valence-corrected chi connectivity index (χ1v) is 12.0. The van der Waals surface area contributed by atoms with E-state index in [0.717, 1.165) is 9.87 Å². The summed E-state index contributed by atoms with van der Waals surface area (Å²) < 4.78 is 38.2. The monoisotopic (exact) mass is 488 g/mol. The molecule has 0 aromatic heterocycles. The predicted octanol–water partition coefficient (Wildman–Crippen LogP) is 3.91. The van der Waals surface area contributed by atoms with Crippen LogP contribution in [0.1, 0.15) is 5.56 Å². The van der Waals surface area contributed by atoms with Crippen LogP contribution >= 0.6 is 11.6 Å². The molecule has 3 aromatic carbocycles. The molecular formula is C24H25ClN2O5S. The first kappa shape index (κ1) is 24.4. The van der Waals surface area contributed by atoms with E-state index in [1.165, 1.54) is 12.1 Å². The number of amides is 1. The summed E-state index contributed by atoms with van der Waals surface area (Å²) in [6.45, 7) is -0.0943. The van der Waals surface area contributed by atoms with Crippen molar-refractivity contribution in [3.05, 3.63) is 83.4 Å². The Morgan fingerprint density at radius 2 is 1.61 bits per heavy atom. The second-order valence-corrected chi connectivity index (χ2v) is 9.33. The highest BCUT2D eigenvalue weighted by atomic mass is 35.5. The van der Waals surface area contributed by atoms with Crippen LogP contribution in [0.15, 0.2) is 77.7 Å². The zero-order chi connectivity index (χ0) is 23.8. The topological polar surface area (TPSA) is 84.9 Å². The van der Waals surface area contributed by atoms with Crippen LogP contribution < -0.4 is 19.1 Å². The van der Waals surface area contributed by atoms with Crippen LogP contribution in [0.5, 0.6) is 11.5 Å². The quantitative estimate of drug-likeness (QED) is 0.467. The highest BCUT2D eigenvalue weighted by Crippen LogP contribution is 2.30. The first-order chi connectivity index (χ1) is 15.9. The second-order valence-electron chi connectivity index (χ2n) is 7.07. The van der Waals surface area contributed by atoms with E-state index < -0.39 is 22.5 Å². The summed E-state index contributed by atoms with van der Waals surface area (Å²) in [6.07, 6.45) is 0.531. The van der Waals surface area contributed by atoms with Crippen LogP contribution in [-0.2, 0) is 21.2 Å². The second kappa shape index (κ2) is 11.1. The average Bonchev–Trinajstić information content (AvgIpc) is 2.83. The van der Waals surface area contributed by atoms with E-state index in [4.69, 9.17) is 21.1 Å². The molecule has 9 heteroatoms. The number of hydrogen-bond donors (Lipinski definition) is 1. The molecule has 0 bridgehead atoms. The fourth-order valence-corrected chi connectivity index (χ4v) is 4.99. The molecule has 0 fully saturated rings. The standard InChI is InChI=1S/C24H25ClN2O5S/c1-31-22-13-12-18(16-23(22)32-2)14-15-26-24(28)17-27(21-11-7-6-10-20(21)25)33(29,30)19-8-4-3-5-9-19/h3-13,16H,14-15,17H2,1-2H3,(H,26,28). The molecule has 0 unspecified atom stereocenters. The van der Waals surface area contributed by atoms with Gasteiger partial charge in [-0.1, -0.05) is 48.0 Å². The van der Waals surface area contributed by atoms with Crippen molar-refractivity contribution < 1.29 is 22.7 Å². The Balaban J connectivity index is 1.74. The Labute approximate surface area is 198 Å². The smallest absolute Gasteiger partial charge is 0.264 e. The summed E-state index contributed by atoms with van der Waals surface area (Å²) in [7, 11) is -0.891. The molecule has 0 saturated heterocycles. The van der Waals surface area contributed by atoms with Gasteiger partial charge in [0.1, 0.15) is 6.54 Å². The van der Waals surface area contributed by atoms with Crippen LogP contribution in [0.2, 0.25) is 5.02 Å². The number of hydrogen-bond acceptors (Lipinski definition) is 5. The molecule has 1 N–H and O–H groups in total. The number of para-hydroxylation sites is 1. The van der Waals surface area contributed by atoms with E-state index in [-0.39, 0.29) is 15.6 Å². The maximum atomic E-state index is 13.3. The lowest BCUT2D eigenvalue weighted by molar-refractivity contribution is -0.119. The molecule has 0 spiro atoms. The van der Waals surface area contributed by atoms with E-state index >= 15 is 0 Å². The summed E-state index contributed by atoms with van der Waals surface area (Å²) in [6, 6.07) is 20.0. The summed E-state index contributed by atoms with van der Waals surface area (Å²) >= 11 is 6.27. The minimum absolute atomic E-state index is 0.0723. The number of carbonyl (C=O) groups is 1. The molecule has 3 rings (SSSR count). The Kier molecular flexibility index (Phi) is 8.19. The molecular weight excluding hydrogens is 464 g/mol. The fraction of sp³-hybridized carbons (Fsp3) is 0.208. The molecule has 7 nitrogen and oxygen atoms in total.